The van der Waals surface area contributed by atoms with Crippen LogP contribution in [-0.2, 0) is 9.53 Å². The van der Waals surface area contributed by atoms with Crippen LogP contribution in [0.15, 0.2) is 30.3 Å². The van der Waals surface area contributed by atoms with Crippen molar-refractivity contribution in [2.75, 3.05) is 6.61 Å². The minimum absolute atomic E-state index is 0.249. The van der Waals surface area contributed by atoms with Gasteiger partial charge in [0.05, 0.1) is 6.61 Å². The molecule has 15 heavy (non-hydrogen) atoms. The van der Waals surface area contributed by atoms with Crippen LogP contribution in [0, 0.1) is 0 Å². The Morgan fingerprint density at radius 2 is 2.20 bits per heavy atom. The van der Waals surface area contributed by atoms with Gasteiger partial charge in [0.1, 0.15) is 0 Å². The average molecular weight is 225 g/mol. The van der Waals surface area contributed by atoms with Crippen LogP contribution in [-0.4, -0.2) is 12.6 Å². The highest BCUT2D eigenvalue weighted by Crippen LogP contribution is 2.16. The summed E-state index contributed by atoms with van der Waals surface area (Å²) >= 11 is 5.95. The van der Waals surface area contributed by atoms with E-state index in [9.17, 15) is 4.79 Å². The molecule has 0 saturated carbocycles. The van der Waals surface area contributed by atoms with Crippen LogP contribution in [0.1, 0.15) is 18.9 Å². The fraction of sp³-hybridized carbons (Fsp3) is 0.250. The SMILES string of the molecule is CC(=O)OCCC=Cc1ccccc1Cl. The second-order valence-corrected chi connectivity index (χ2v) is 3.46. The normalized spacial score (nSPS) is 10.5. The number of rotatable bonds is 4. The largest absolute Gasteiger partial charge is 0.466 e. The number of carbonyl (C=O) groups excluding carboxylic acids is 1. The molecule has 0 amide bonds. The van der Waals surface area contributed by atoms with E-state index in [0.29, 0.717) is 13.0 Å². The minimum atomic E-state index is -0.249. The second-order valence-electron chi connectivity index (χ2n) is 3.05. The maximum absolute atomic E-state index is 10.5. The van der Waals surface area contributed by atoms with E-state index in [1.807, 2.05) is 36.4 Å². The molecule has 0 heterocycles. The molecule has 0 N–H and O–H groups in total. The van der Waals surface area contributed by atoms with Crippen LogP contribution < -0.4 is 0 Å². The van der Waals surface area contributed by atoms with E-state index in [0.717, 1.165) is 10.6 Å². The summed E-state index contributed by atoms with van der Waals surface area (Å²) in [5.41, 5.74) is 0.974. The summed E-state index contributed by atoms with van der Waals surface area (Å²) < 4.78 is 4.79. The van der Waals surface area contributed by atoms with Gasteiger partial charge in [-0.25, -0.2) is 0 Å². The van der Waals surface area contributed by atoms with Gasteiger partial charge in [0.25, 0.3) is 0 Å². The third-order valence-corrected chi connectivity index (χ3v) is 2.14. The van der Waals surface area contributed by atoms with Crippen LogP contribution in [0.2, 0.25) is 5.02 Å². The third-order valence-electron chi connectivity index (χ3n) is 1.79. The van der Waals surface area contributed by atoms with Gasteiger partial charge in [-0.05, 0) is 18.1 Å². The zero-order valence-electron chi connectivity index (χ0n) is 8.57. The molecule has 0 bridgehead atoms. The maximum Gasteiger partial charge on any atom is 0.302 e. The smallest absolute Gasteiger partial charge is 0.302 e. The van der Waals surface area contributed by atoms with Crippen LogP contribution in [0.3, 0.4) is 0 Å². The highest BCUT2D eigenvalue weighted by atomic mass is 35.5. The number of esters is 1. The van der Waals surface area contributed by atoms with Gasteiger partial charge in [0.2, 0.25) is 0 Å². The lowest BCUT2D eigenvalue weighted by Crippen LogP contribution is -1.98. The van der Waals surface area contributed by atoms with E-state index in [4.69, 9.17) is 16.3 Å². The lowest BCUT2D eigenvalue weighted by molar-refractivity contribution is -0.140. The van der Waals surface area contributed by atoms with E-state index >= 15 is 0 Å². The Morgan fingerprint density at radius 1 is 1.47 bits per heavy atom. The number of benzene rings is 1. The maximum atomic E-state index is 10.5. The average Bonchev–Trinajstić information content (AvgIpc) is 2.20. The van der Waals surface area contributed by atoms with E-state index in [2.05, 4.69) is 0 Å². The molecule has 0 aliphatic rings. The van der Waals surface area contributed by atoms with Gasteiger partial charge >= 0.3 is 5.97 Å². The van der Waals surface area contributed by atoms with Crippen LogP contribution in [0.4, 0.5) is 0 Å². The fourth-order valence-corrected chi connectivity index (χ4v) is 1.29. The molecule has 0 radical (unpaired) electrons. The molecule has 1 aromatic carbocycles. The molecule has 3 heteroatoms. The van der Waals surface area contributed by atoms with Gasteiger partial charge in [-0.3, -0.25) is 4.79 Å². The van der Waals surface area contributed by atoms with Gasteiger partial charge in [-0.1, -0.05) is 42.0 Å². The Balaban J connectivity index is 2.38. The predicted molar refractivity (Wildman–Crippen MR) is 61.7 cm³/mol. The van der Waals surface area contributed by atoms with E-state index in [1.165, 1.54) is 6.92 Å². The van der Waals surface area contributed by atoms with Crippen molar-refractivity contribution in [2.45, 2.75) is 13.3 Å². The van der Waals surface area contributed by atoms with Gasteiger partial charge < -0.3 is 4.74 Å². The summed E-state index contributed by atoms with van der Waals surface area (Å²) in [6, 6.07) is 7.59. The summed E-state index contributed by atoms with van der Waals surface area (Å²) in [7, 11) is 0. The molecule has 0 fully saturated rings. The Morgan fingerprint density at radius 3 is 2.87 bits per heavy atom. The summed E-state index contributed by atoms with van der Waals surface area (Å²) in [5.74, 6) is -0.249. The topological polar surface area (TPSA) is 26.3 Å². The highest BCUT2D eigenvalue weighted by Gasteiger charge is 1.93. The molecule has 0 spiro atoms. The molecular weight excluding hydrogens is 212 g/mol. The lowest BCUT2D eigenvalue weighted by atomic mass is 10.2. The molecule has 0 atom stereocenters. The minimum Gasteiger partial charge on any atom is -0.466 e. The molecular formula is C12H13ClO2. The van der Waals surface area contributed by atoms with Gasteiger partial charge in [0, 0.05) is 11.9 Å². The molecule has 0 saturated heterocycles. The summed E-state index contributed by atoms with van der Waals surface area (Å²) in [6.07, 6.45) is 4.56. The third kappa shape index (κ3) is 4.66. The lowest BCUT2D eigenvalue weighted by Gasteiger charge is -1.98. The van der Waals surface area contributed by atoms with Crippen molar-refractivity contribution in [3.05, 3.63) is 40.9 Å². The van der Waals surface area contributed by atoms with Crippen LogP contribution in [0.5, 0.6) is 0 Å². The van der Waals surface area contributed by atoms with E-state index in [1.54, 1.807) is 0 Å². The zero-order valence-corrected chi connectivity index (χ0v) is 9.33. The van der Waals surface area contributed by atoms with Crippen molar-refractivity contribution in [1.82, 2.24) is 0 Å². The predicted octanol–water partition coefficient (Wildman–Crippen LogP) is 3.31. The Labute approximate surface area is 94.5 Å². The second kappa shape index (κ2) is 6.25. The summed E-state index contributed by atoms with van der Waals surface area (Å²) in [6.45, 7) is 1.81. The van der Waals surface area contributed by atoms with Crippen molar-refractivity contribution in [1.29, 1.82) is 0 Å². The highest BCUT2D eigenvalue weighted by molar-refractivity contribution is 6.32. The van der Waals surface area contributed by atoms with Crippen molar-refractivity contribution in [3.8, 4) is 0 Å². The van der Waals surface area contributed by atoms with Gasteiger partial charge in [0.15, 0.2) is 0 Å². The summed E-state index contributed by atoms with van der Waals surface area (Å²) in [5, 5.41) is 0.723. The quantitative estimate of drug-likeness (QED) is 0.580. The summed E-state index contributed by atoms with van der Waals surface area (Å²) in [4.78, 5) is 10.5. The number of hydrogen-bond acceptors (Lipinski definition) is 2. The number of ether oxygens (including phenoxy) is 1. The molecule has 2 nitrogen and oxygen atoms in total. The first-order chi connectivity index (χ1) is 7.20. The van der Waals surface area contributed by atoms with Gasteiger partial charge in [-0.2, -0.15) is 0 Å². The number of halogens is 1. The van der Waals surface area contributed by atoms with Gasteiger partial charge in [-0.15, -0.1) is 0 Å². The number of carbonyl (C=O) groups is 1. The standard InChI is InChI=1S/C12H13ClO2/c1-10(14)15-9-5-4-7-11-6-2-3-8-12(11)13/h2-4,6-8H,5,9H2,1H3. The van der Waals surface area contributed by atoms with Crippen molar-refractivity contribution >= 4 is 23.6 Å². The molecule has 0 aliphatic carbocycles. The number of hydrogen-bond donors (Lipinski definition) is 0. The van der Waals surface area contributed by atoms with Crippen molar-refractivity contribution < 1.29 is 9.53 Å². The van der Waals surface area contributed by atoms with E-state index < -0.39 is 0 Å². The monoisotopic (exact) mass is 224 g/mol. The molecule has 1 aromatic rings. The van der Waals surface area contributed by atoms with E-state index in [-0.39, 0.29) is 5.97 Å². The molecule has 1 rings (SSSR count). The molecule has 0 aromatic heterocycles. The Bertz CT molecular complexity index is 358. The first-order valence-electron chi connectivity index (χ1n) is 4.74. The zero-order chi connectivity index (χ0) is 11.1. The Hall–Kier alpha value is -1.28. The first kappa shape index (κ1) is 11.8. The molecule has 0 unspecified atom stereocenters. The van der Waals surface area contributed by atoms with Crippen molar-refractivity contribution in [2.24, 2.45) is 0 Å². The molecule has 80 valence electrons. The fourth-order valence-electron chi connectivity index (χ4n) is 1.09. The Kier molecular flexibility index (Phi) is 4.91. The van der Waals surface area contributed by atoms with Crippen molar-refractivity contribution in [3.63, 3.8) is 0 Å². The van der Waals surface area contributed by atoms with Crippen LogP contribution >= 0.6 is 11.6 Å². The first-order valence-corrected chi connectivity index (χ1v) is 5.12. The van der Waals surface area contributed by atoms with Crippen LogP contribution in [0.25, 0.3) is 6.08 Å². The molecule has 0 aliphatic heterocycles.